The lowest BCUT2D eigenvalue weighted by Crippen LogP contribution is -1.97. The molecule has 6 heteroatoms. The molecule has 27 heavy (non-hydrogen) atoms. The van der Waals surface area contributed by atoms with Gasteiger partial charge in [-0.1, -0.05) is 6.07 Å². The fraction of sp³-hybridized carbons (Fsp3) is 0.0952. The molecule has 134 valence electrons. The molecule has 0 saturated heterocycles. The standard InChI is InChI=1S/C21H16FN3O2/c1-26-18-5-3-4-15(21(18)27-2)19-20-17(23-12-24-19)11-10-16(25-20)13-6-8-14(22)9-7-13/h3-12H,1-2H3. The third-order valence-corrected chi connectivity index (χ3v) is 4.28. The summed E-state index contributed by atoms with van der Waals surface area (Å²) in [5.74, 6) is 0.898. The highest BCUT2D eigenvalue weighted by atomic mass is 19.1. The molecule has 0 amide bonds. The molecule has 2 heterocycles. The van der Waals surface area contributed by atoms with Crippen LogP contribution in [0.15, 0.2) is 60.9 Å². The summed E-state index contributed by atoms with van der Waals surface area (Å²) < 4.78 is 24.2. The number of methoxy groups -OCH3 is 2. The molecule has 2 aromatic heterocycles. The minimum absolute atomic E-state index is 0.287. The van der Waals surface area contributed by atoms with E-state index in [1.165, 1.54) is 18.5 Å². The van der Waals surface area contributed by atoms with Crippen molar-refractivity contribution < 1.29 is 13.9 Å². The van der Waals surface area contributed by atoms with Crippen LogP contribution < -0.4 is 9.47 Å². The zero-order chi connectivity index (χ0) is 18.8. The molecule has 0 bridgehead atoms. The highest BCUT2D eigenvalue weighted by molar-refractivity contribution is 5.92. The van der Waals surface area contributed by atoms with Crippen molar-refractivity contribution in [1.29, 1.82) is 0 Å². The van der Waals surface area contributed by atoms with E-state index >= 15 is 0 Å². The van der Waals surface area contributed by atoms with E-state index in [1.54, 1.807) is 26.4 Å². The van der Waals surface area contributed by atoms with E-state index < -0.39 is 0 Å². The maximum absolute atomic E-state index is 13.2. The summed E-state index contributed by atoms with van der Waals surface area (Å²) in [4.78, 5) is 13.5. The van der Waals surface area contributed by atoms with Crippen molar-refractivity contribution in [2.75, 3.05) is 14.2 Å². The molecule has 5 nitrogen and oxygen atoms in total. The Morgan fingerprint density at radius 3 is 2.41 bits per heavy atom. The van der Waals surface area contributed by atoms with Crippen molar-refractivity contribution in [2.45, 2.75) is 0 Å². The number of hydrogen-bond acceptors (Lipinski definition) is 5. The Bertz CT molecular complexity index is 1110. The van der Waals surface area contributed by atoms with Crippen molar-refractivity contribution in [3.05, 3.63) is 66.7 Å². The van der Waals surface area contributed by atoms with Crippen LogP contribution in [0.4, 0.5) is 4.39 Å². The number of nitrogens with zero attached hydrogens (tertiary/aromatic N) is 3. The largest absolute Gasteiger partial charge is 0.493 e. The SMILES string of the molecule is COc1cccc(-c2ncnc3ccc(-c4ccc(F)cc4)nc23)c1OC. The number of aromatic nitrogens is 3. The predicted octanol–water partition coefficient (Wildman–Crippen LogP) is 4.52. The van der Waals surface area contributed by atoms with E-state index in [1.807, 2.05) is 30.3 Å². The number of ether oxygens (including phenoxy) is 2. The Hall–Kier alpha value is -3.54. The molecule has 0 unspecified atom stereocenters. The van der Waals surface area contributed by atoms with Crippen molar-refractivity contribution in [1.82, 2.24) is 15.0 Å². The molecule has 0 spiro atoms. The smallest absolute Gasteiger partial charge is 0.170 e. The minimum atomic E-state index is -0.287. The first kappa shape index (κ1) is 16.9. The number of fused-ring (bicyclic) bond motifs is 1. The van der Waals surface area contributed by atoms with Gasteiger partial charge in [-0.15, -0.1) is 0 Å². The summed E-state index contributed by atoms with van der Waals surface area (Å²) >= 11 is 0. The van der Waals surface area contributed by atoms with Gasteiger partial charge in [0.15, 0.2) is 11.5 Å². The minimum Gasteiger partial charge on any atom is -0.493 e. The van der Waals surface area contributed by atoms with Crippen molar-refractivity contribution >= 4 is 11.0 Å². The summed E-state index contributed by atoms with van der Waals surface area (Å²) in [6, 6.07) is 15.5. The molecule has 0 radical (unpaired) electrons. The van der Waals surface area contributed by atoms with Gasteiger partial charge in [-0.05, 0) is 48.5 Å². The highest BCUT2D eigenvalue weighted by Gasteiger charge is 2.17. The maximum Gasteiger partial charge on any atom is 0.170 e. The van der Waals surface area contributed by atoms with Gasteiger partial charge in [-0.25, -0.2) is 19.3 Å². The van der Waals surface area contributed by atoms with Gasteiger partial charge in [0.1, 0.15) is 23.4 Å². The number of benzene rings is 2. The van der Waals surface area contributed by atoms with Crippen LogP contribution in [0.1, 0.15) is 0 Å². The van der Waals surface area contributed by atoms with Gasteiger partial charge in [0, 0.05) is 11.1 Å². The van der Waals surface area contributed by atoms with Crippen molar-refractivity contribution in [3.8, 4) is 34.0 Å². The molecule has 0 atom stereocenters. The lowest BCUT2D eigenvalue weighted by atomic mass is 10.1. The number of halogens is 1. The fourth-order valence-corrected chi connectivity index (χ4v) is 2.99. The second-order valence-corrected chi connectivity index (χ2v) is 5.83. The highest BCUT2D eigenvalue weighted by Crippen LogP contribution is 2.39. The monoisotopic (exact) mass is 361 g/mol. The molecular weight excluding hydrogens is 345 g/mol. The van der Waals surface area contributed by atoms with Crippen molar-refractivity contribution in [2.24, 2.45) is 0 Å². The van der Waals surface area contributed by atoms with Crippen LogP contribution in [0.2, 0.25) is 0 Å². The number of pyridine rings is 1. The molecule has 0 saturated carbocycles. The Labute approximate surface area is 155 Å². The van der Waals surface area contributed by atoms with E-state index in [4.69, 9.17) is 14.5 Å². The van der Waals surface area contributed by atoms with Gasteiger partial charge >= 0.3 is 0 Å². The molecule has 0 aliphatic heterocycles. The van der Waals surface area contributed by atoms with Crippen LogP contribution in [0.5, 0.6) is 11.5 Å². The summed E-state index contributed by atoms with van der Waals surface area (Å²) in [6.07, 6.45) is 1.50. The number of para-hydroxylation sites is 1. The second-order valence-electron chi connectivity index (χ2n) is 5.83. The van der Waals surface area contributed by atoms with Crippen LogP contribution in [0, 0.1) is 5.82 Å². The number of hydrogen-bond donors (Lipinski definition) is 0. The van der Waals surface area contributed by atoms with Crippen molar-refractivity contribution in [3.63, 3.8) is 0 Å². The summed E-state index contributed by atoms with van der Waals surface area (Å²) in [5, 5.41) is 0. The average molecular weight is 361 g/mol. The van der Waals surface area contributed by atoms with Crippen LogP contribution in [-0.4, -0.2) is 29.2 Å². The first-order valence-electron chi connectivity index (χ1n) is 8.30. The second kappa shape index (κ2) is 6.99. The molecule has 0 fully saturated rings. The van der Waals surface area contributed by atoms with Gasteiger partial charge in [0.2, 0.25) is 0 Å². The zero-order valence-corrected chi connectivity index (χ0v) is 14.8. The average Bonchev–Trinajstić information content (AvgIpc) is 2.72. The zero-order valence-electron chi connectivity index (χ0n) is 14.8. The van der Waals surface area contributed by atoms with Gasteiger partial charge in [-0.3, -0.25) is 0 Å². The fourth-order valence-electron chi connectivity index (χ4n) is 2.99. The quantitative estimate of drug-likeness (QED) is 0.535. The lowest BCUT2D eigenvalue weighted by molar-refractivity contribution is 0.356. The number of rotatable bonds is 4. The van der Waals surface area contributed by atoms with Crippen LogP contribution in [-0.2, 0) is 0 Å². The Morgan fingerprint density at radius 2 is 1.67 bits per heavy atom. The van der Waals surface area contributed by atoms with Gasteiger partial charge in [-0.2, -0.15) is 0 Å². The first-order valence-corrected chi connectivity index (χ1v) is 8.30. The Balaban J connectivity index is 1.94. The molecule has 2 aromatic carbocycles. The maximum atomic E-state index is 13.2. The molecule has 4 aromatic rings. The molecule has 0 N–H and O–H groups in total. The van der Waals surface area contributed by atoms with Crippen LogP contribution in [0.3, 0.4) is 0 Å². The van der Waals surface area contributed by atoms with E-state index in [0.717, 1.165) is 11.1 Å². The lowest BCUT2D eigenvalue weighted by Gasteiger charge is -2.13. The van der Waals surface area contributed by atoms with E-state index in [9.17, 15) is 4.39 Å². The van der Waals surface area contributed by atoms with Crippen LogP contribution >= 0.6 is 0 Å². The van der Waals surface area contributed by atoms with Gasteiger partial charge < -0.3 is 9.47 Å². The van der Waals surface area contributed by atoms with E-state index in [2.05, 4.69) is 9.97 Å². The Kier molecular flexibility index (Phi) is 4.38. The molecule has 0 aliphatic rings. The van der Waals surface area contributed by atoms with Gasteiger partial charge in [0.25, 0.3) is 0 Å². The van der Waals surface area contributed by atoms with Crippen LogP contribution in [0.25, 0.3) is 33.5 Å². The third kappa shape index (κ3) is 3.06. The molecule has 0 aliphatic carbocycles. The normalized spacial score (nSPS) is 10.8. The van der Waals surface area contributed by atoms with E-state index in [-0.39, 0.29) is 5.82 Å². The summed E-state index contributed by atoms with van der Waals surface area (Å²) in [5.41, 5.74) is 4.25. The molecular formula is C21H16FN3O2. The topological polar surface area (TPSA) is 57.1 Å². The first-order chi connectivity index (χ1) is 13.2. The Morgan fingerprint density at radius 1 is 0.852 bits per heavy atom. The predicted molar refractivity (Wildman–Crippen MR) is 101 cm³/mol. The van der Waals surface area contributed by atoms with E-state index in [0.29, 0.717) is 33.9 Å². The summed E-state index contributed by atoms with van der Waals surface area (Å²) in [6.45, 7) is 0. The third-order valence-electron chi connectivity index (χ3n) is 4.28. The molecule has 4 rings (SSSR count). The summed E-state index contributed by atoms with van der Waals surface area (Å²) in [7, 11) is 3.17. The van der Waals surface area contributed by atoms with Gasteiger partial charge in [0.05, 0.1) is 25.4 Å².